The van der Waals surface area contributed by atoms with Crippen LogP contribution in [0.3, 0.4) is 0 Å². The van der Waals surface area contributed by atoms with Crippen molar-refractivity contribution in [1.29, 1.82) is 0 Å². The number of para-hydroxylation sites is 1. The Labute approximate surface area is 98.0 Å². The number of carboxylic acids is 1. The maximum Gasteiger partial charge on any atom is 0.337 e. The Morgan fingerprint density at radius 3 is 3.00 bits per heavy atom. The number of aromatic carboxylic acids is 1. The summed E-state index contributed by atoms with van der Waals surface area (Å²) in [5, 5.41) is 12.2. The van der Waals surface area contributed by atoms with Crippen molar-refractivity contribution >= 4 is 17.7 Å². The number of hydrogen-bond acceptors (Lipinski definition) is 3. The predicted molar refractivity (Wildman–Crippen MR) is 65.5 cm³/mol. The zero-order valence-electron chi connectivity index (χ0n) is 9.08. The third-order valence-corrected chi connectivity index (χ3v) is 2.13. The molecule has 6 nitrogen and oxygen atoms in total. The Hall–Kier alpha value is -2.46. The van der Waals surface area contributed by atoms with Gasteiger partial charge >= 0.3 is 5.97 Å². The van der Waals surface area contributed by atoms with Crippen LogP contribution < -0.4 is 5.73 Å². The zero-order chi connectivity index (χ0) is 12.7. The van der Waals surface area contributed by atoms with Crippen LogP contribution >= 0.6 is 0 Å². The summed E-state index contributed by atoms with van der Waals surface area (Å²) in [6, 6.07) is 4.81. The molecule has 1 rings (SSSR count). The van der Waals surface area contributed by atoms with Gasteiger partial charge in [0.25, 0.3) is 0 Å². The van der Waals surface area contributed by atoms with Gasteiger partial charge in [0.1, 0.15) is 0 Å². The lowest BCUT2D eigenvalue weighted by molar-refractivity contribution is 0.0698. The lowest BCUT2D eigenvalue weighted by Crippen LogP contribution is -2.03. The van der Waals surface area contributed by atoms with Gasteiger partial charge in [0.15, 0.2) is 0 Å². The standard InChI is InChI=1S/C11H12N4O2/c12-10-8(4-1-2-7-14-15-13)5-3-6-9(10)11(16)17/h1,3-6H,2,7,12H2,(H,16,17). The molecule has 0 atom stereocenters. The highest BCUT2D eigenvalue weighted by atomic mass is 16.4. The third-order valence-electron chi connectivity index (χ3n) is 2.13. The lowest BCUT2D eigenvalue weighted by Gasteiger charge is -2.03. The Bertz CT molecular complexity index is 490. The van der Waals surface area contributed by atoms with Crippen LogP contribution in [0.25, 0.3) is 16.5 Å². The average Bonchev–Trinajstić information content (AvgIpc) is 2.30. The molecule has 1 aromatic rings. The van der Waals surface area contributed by atoms with Crippen molar-refractivity contribution in [2.24, 2.45) is 5.11 Å². The summed E-state index contributed by atoms with van der Waals surface area (Å²) in [6.45, 7) is 0.367. The molecule has 0 heterocycles. The molecular weight excluding hydrogens is 220 g/mol. The van der Waals surface area contributed by atoms with Gasteiger partial charge in [-0.05, 0) is 23.6 Å². The first-order chi connectivity index (χ1) is 8.16. The van der Waals surface area contributed by atoms with E-state index in [9.17, 15) is 4.79 Å². The minimum Gasteiger partial charge on any atom is -0.478 e. The Morgan fingerprint density at radius 1 is 1.59 bits per heavy atom. The molecule has 3 N–H and O–H groups in total. The van der Waals surface area contributed by atoms with E-state index in [1.807, 2.05) is 0 Å². The van der Waals surface area contributed by atoms with E-state index in [0.29, 0.717) is 18.5 Å². The van der Waals surface area contributed by atoms with Crippen molar-refractivity contribution in [2.45, 2.75) is 6.42 Å². The number of azide groups is 1. The number of nitrogens with two attached hydrogens (primary N) is 1. The first-order valence-corrected chi connectivity index (χ1v) is 4.96. The SMILES string of the molecule is [N-]=[N+]=NCCC=Cc1cccc(C(=O)O)c1N. The highest BCUT2D eigenvalue weighted by Crippen LogP contribution is 2.19. The maximum absolute atomic E-state index is 10.8. The number of carbonyl (C=O) groups is 1. The van der Waals surface area contributed by atoms with E-state index < -0.39 is 5.97 Å². The van der Waals surface area contributed by atoms with Crippen molar-refractivity contribution in [3.63, 3.8) is 0 Å². The van der Waals surface area contributed by atoms with Crippen LogP contribution in [0.4, 0.5) is 5.69 Å². The minimum atomic E-state index is -1.05. The van der Waals surface area contributed by atoms with Crippen molar-refractivity contribution < 1.29 is 9.90 Å². The molecule has 0 amide bonds. The Balaban J connectivity index is 2.81. The maximum atomic E-state index is 10.8. The molecule has 0 aliphatic rings. The van der Waals surface area contributed by atoms with Crippen LogP contribution in [0.1, 0.15) is 22.3 Å². The molecule has 0 bridgehead atoms. The van der Waals surface area contributed by atoms with E-state index in [1.165, 1.54) is 6.07 Å². The summed E-state index contributed by atoms with van der Waals surface area (Å²) < 4.78 is 0. The predicted octanol–water partition coefficient (Wildman–Crippen LogP) is 2.68. The number of nitrogen functional groups attached to an aromatic ring is 1. The van der Waals surface area contributed by atoms with Crippen molar-refractivity contribution in [2.75, 3.05) is 12.3 Å². The summed E-state index contributed by atoms with van der Waals surface area (Å²) >= 11 is 0. The number of rotatable bonds is 5. The molecular formula is C11H12N4O2. The molecule has 0 aromatic heterocycles. The van der Waals surface area contributed by atoms with E-state index >= 15 is 0 Å². The number of hydrogen-bond donors (Lipinski definition) is 2. The van der Waals surface area contributed by atoms with Crippen LogP contribution in [0.2, 0.25) is 0 Å². The van der Waals surface area contributed by atoms with Gasteiger partial charge in [0, 0.05) is 11.5 Å². The monoisotopic (exact) mass is 232 g/mol. The van der Waals surface area contributed by atoms with Crippen LogP contribution in [0, 0.1) is 0 Å². The zero-order valence-corrected chi connectivity index (χ0v) is 9.08. The Kier molecular flexibility index (Phi) is 4.59. The first-order valence-electron chi connectivity index (χ1n) is 4.96. The smallest absolute Gasteiger partial charge is 0.337 e. The van der Waals surface area contributed by atoms with Crippen molar-refractivity contribution in [3.05, 3.63) is 45.8 Å². The van der Waals surface area contributed by atoms with Crippen LogP contribution in [0.15, 0.2) is 29.4 Å². The molecule has 0 fully saturated rings. The van der Waals surface area contributed by atoms with Gasteiger partial charge in [-0.3, -0.25) is 0 Å². The molecule has 0 aliphatic carbocycles. The Morgan fingerprint density at radius 2 is 2.35 bits per heavy atom. The number of carboxylic acid groups (broad SMARTS) is 1. The van der Waals surface area contributed by atoms with E-state index in [1.54, 1.807) is 24.3 Å². The quantitative estimate of drug-likeness (QED) is 0.267. The highest BCUT2D eigenvalue weighted by Gasteiger charge is 2.08. The van der Waals surface area contributed by atoms with Crippen LogP contribution in [-0.2, 0) is 0 Å². The summed E-state index contributed by atoms with van der Waals surface area (Å²) in [4.78, 5) is 13.5. The van der Waals surface area contributed by atoms with Crippen molar-refractivity contribution in [3.8, 4) is 0 Å². The topological polar surface area (TPSA) is 112 Å². The van der Waals surface area contributed by atoms with Gasteiger partial charge in [-0.15, -0.1) is 0 Å². The van der Waals surface area contributed by atoms with E-state index in [4.69, 9.17) is 16.4 Å². The molecule has 6 heteroatoms. The number of nitrogens with zero attached hydrogens (tertiary/aromatic N) is 3. The van der Waals surface area contributed by atoms with Crippen LogP contribution in [-0.4, -0.2) is 17.6 Å². The second-order valence-corrected chi connectivity index (χ2v) is 3.26. The minimum absolute atomic E-state index is 0.0854. The van der Waals surface area contributed by atoms with Gasteiger partial charge in [-0.1, -0.05) is 29.4 Å². The second-order valence-electron chi connectivity index (χ2n) is 3.26. The normalized spacial score (nSPS) is 10.1. The fraction of sp³-hybridized carbons (Fsp3) is 0.182. The third kappa shape index (κ3) is 3.55. The lowest BCUT2D eigenvalue weighted by atomic mass is 10.1. The van der Waals surface area contributed by atoms with Gasteiger partial charge < -0.3 is 10.8 Å². The van der Waals surface area contributed by atoms with E-state index in [-0.39, 0.29) is 11.3 Å². The van der Waals surface area contributed by atoms with Crippen molar-refractivity contribution in [1.82, 2.24) is 0 Å². The summed E-state index contributed by atoms with van der Waals surface area (Å²) in [6.07, 6.45) is 4.08. The van der Waals surface area contributed by atoms with E-state index in [2.05, 4.69) is 10.0 Å². The van der Waals surface area contributed by atoms with Gasteiger partial charge in [0.2, 0.25) is 0 Å². The molecule has 1 aromatic carbocycles. The van der Waals surface area contributed by atoms with E-state index in [0.717, 1.165) is 0 Å². The van der Waals surface area contributed by atoms with Gasteiger partial charge in [0.05, 0.1) is 11.3 Å². The molecule has 0 radical (unpaired) electrons. The van der Waals surface area contributed by atoms with Crippen LogP contribution in [0.5, 0.6) is 0 Å². The molecule has 0 saturated carbocycles. The fourth-order valence-corrected chi connectivity index (χ4v) is 1.30. The molecule has 0 spiro atoms. The summed E-state index contributed by atoms with van der Waals surface area (Å²) in [7, 11) is 0. The molecule has 88 valence electrons. The fourth-order valence-electron chi connectivity index (χ4n) is 1.30. The highest BCUT2D eigenvalue weighted by molar-refractivity contribution is 5.95. The first kappa shape index (κ1) is 12.6. The van der Waals surface area contributed by atoms with Gasteiger partial charge in [-0.25, -0.2) is 4.79 Å². The number of anilines is 1. The molecule has 0 saturated heterocycles. The average molecular weight is 232 g/mol. The second kappa shape index (κ2) is 6.19. The largest absolute Gasteiger partial charge is 0.478 e. The molecule has 17 heavy (non-hydrogen) atoms. The number of benzene rings is 1. The summed E-state index contributed by atoms with van der Waals surface area (Å²) in [5.41, 5.74) is 14.8. The molecule has 0 aliphatic heterocycles. The summed E-state index contributed by atoms with van der Waals surface area (Å²) in [5.74, 6) is -1.05. The molecule has 0 unspecified atom stereocenters. The van der Waals surface area contributed by atoms with Gasteiger partial charge in [-0.2, -0.15) is 0 Å².